The van der Waals surface area contributed by atoms with E-state index in [2.05, 4.69) is 10.3 Å². The number of carbonyl (C=O) groups excluding carboxylic acids is 2. The first-order valence-electron chi connectivity index (χ1n) is 8.23. The topological polar surface area (TPSA) is 67.8 Å². The number of hydrogen-bond acceptors (Lipinski definition) is 4. The predicted octanol–water partition coefficient (Wildman–Crippen LogP) is 3.88. The normalized spacial score (nSPS) is 14.6. The second kappa shape index (κ2) is 6.89. The van der Waals surface area contributed by atoms with Crippen LogP contribution in [0, 0.1) is 12.8 Å². The average Bonchev–Trinajstić information content (AvgIpc) is 2.91. The highest BCUT2D eigenvalue weighted by Gasteiger charge is 2.26. The zero-order chi connectivity index (χ0) is 18.0. The molecular weight excluding hydrogens is 316 g/mol. The molecular formula is C20H20N2O3. The van der Waals surface area contributed by atoms with E-state index in [1.165, 1.54) is 0 Å². The van der Waals surface area contributed by atoms with Gasteiger partial charge in [0.05, 0.1) is 23.5 Å². The Bertz CT molecular complexity index is 852. The number of para-hydroxylation sites is 1. The molecule has 3 rings (SSSR count). The quantitative estimate of drug-likeness (QED) is 0.862. The van der Waals surface area contributed by atoms with E-state index in [9.17, 15) is 9.59 Å². The van der Waals surface area contributed by atoms with E-state index in [-0.39, 0.29) is 11.9 Å². The smallest absolute Gasteiger partial charge is 0.338 e. The van der Waals surface area contributed by atoms with Gasteiger partial charge in [0, 0.05) is 5.56 Å². The third-order valence-corrected chi connectivity index (χ3v) is 3.87. The van der Waals surface area contributed by atoms with Crippen LogP contribution >= 0.6 is 0 Å². The number of anilines is 1. The minimum atomic E-state index is -0.354. The molecule has 0 bridgehead atoms. The Morgan fingerprint density at radius 3 is 2.56 bits per heavy atom. The summed E-state index contributed by atoms with van der Waals surface area (Å²) in [6, 6.07) is 12.5. The number of esters is 1. The summed E-state index contributed by atoms with van der Waals surface area (Å²) in [5.74, 6) is -0.281. The highest BCUT2D eigenvalue weighted by molar-refractivity contribution is 6.54. The van der Waals surface area contributed by atoms with Crippen molar-refractivity contribution in [2.75, 3.05) is 11.9 Å². The van der Waals surface area contributed by atoms with Crippen LogP contribution in [0.25, 0.3) is 0 Å². The molecule has 0 atom stereocenters. The molecule has 5 heteroatoms. The molecule has 0 aromatic heterocycles. The Morgan fingerprint density at radius 2 is 1.88 bits per heavy atom. The van der Waals surface area contributed by atoms with Crippen molar-refractivity contribution in [1.29, 1.82) is 0 Å². The summed E-state index contributed by atoms with van der Waals surface area (Å²) in [7, 11) is 0. The number of fused-ring (bicyclic) bond motifs is 1. The van der Waals surface area contributed by atoms with E-state index in [1.807, 2.05) is 39.0 Å². The number of amides is 1. The minimum Gasteiger partial charge on any atom is -0.462 e. The van der Waals surface area contributed by atoms with E-state index >= 15 is 0 Å². The lowest BCUT2D eigenvalue weighted by molar-refractivity contribution is -0.110. The maximum atomic E-state index is 12.2. The molecule has 0 saturated heterocycles. The molecule has 0 fully saturated rings. The number of ether oxygens (including phenoxy) is 1. The van der Waals surface area contributed by atoms with Crippen LogP contribution in [0.4, 0.5) is 11.4 Å². The molecule has 0 spiro atoms. The highest BCUT2D eigenvalue weighted by atomic mass is 16.5. The standard InChI is InChI=1S/C20H20N2O3/c1-12(2)11-25-20(24)14-7-9-15(10-8-14)21-18-16-6-4-5-13(3)17(16)22-19(18)23/h4-10,12H,11H2,1-3H3,(H,21,22,23). The van der Waals surface area contributed by atoms with Crippen molar-refractivity contribution in [2.45, 2.75) is 20.8 Å². The van der Waals surface area contributed by atoms with Crippen LogP contribution in [0.2, 0.25) is 0 Å². The number of nitrogens with one attached hydrogen (secondary N) is 1. The van der Waals surface area contributed by atoms with Gasteiger partial charge in [-0.3, -0.25) is 4.79 Å². The fourth-order valence-electron chi connectivity index (χ4n) is 2.56. The molecule has 1 aliphatic heterocycles. The lowest BCUT2D eigenvalue weighted by Crippen LogP contribution is -2.14. The zero-order valence-electron chi connectivity index (χ0n) is 14.5. The van der Waals surface area contributed by atoms with Gasteiger partial charge in [0.25, 0.3) is 5.91 Å². The Hall–Kier alpha value is -2.95. The van der Waals surface area contributed by atoms with Crippen molar-refractivity contribution < 1.29 is 14.3 Å². The third kappa shape index (κ3) is 3.60. The Balaban J connectivity index is 1.82. The first-order chi connectivity index (χ1) is 12.0. The zero-order valence-corrected chi connectivity index (χ0v) is 14.5. The van der Waals surface area contributed by atoms with E-state index in [1.54, 1.807) is 24.3 Å². The van der Waals surface area contributed by atoms with E-state index in [0.717, 1.165) is 16.8 Å². The van der Waals surface area contributed by atoms with Gasteiger partial charge >= 0.3 is 5.97 Å². The van der Waals surface area contributed by atoms with Gasteiger partial charge in [-0.25, -0.2) is 9.79 Å². The number of carbonyl (C=O) groups is 2. The maximum Gasteiger partial charge on any atom is 0.338 e. The predicted molar refractivity (Wildman–Crippen MR) is 97.6 cm³/mol. The minimum absolute atomic E-state index is 0.218. The van der Waals surface area contributed by atoms with Gasteiger partial charge in [0.1, 0.15) is 5.71 Å². The SMILES string of the molecule is Cc1cccc2c1NC(=O)C2=Nc1ccc(C(=O)OCC(C)C)cc1. The molecule has 2 aromatic rings. The summed E-state index contributed by atoms with van der Waals surface area (Å²) in [6.07, 6.45) is 0. The molecule has 0 radical (unpaired) electrons. The van der Waals surface area contributed by atoms with Crippen LogP contribution < -0.4 is 5.32 Å². The number of nitrogens with zero attached hydrogens (tertiary/aromatic N) is 1. The van der Waals surface area contributed by atoms with Crippen molar-refractivity contribution in [3.63, 3.8) is 0 Å². The molecule has 2 aromatic carbocycles. The van der Waals surface area contributed by atoms with Crippen molar-refractivity contribution in [1.82, 2.24) is 0 Å². The van der Waals surface area contributed by atoms with E-state index < -0.39 is 0 Å². The number of rotatable bonds is 4. The molecule has 0 saturated carbocycles. The van der Waals surface area contributed by atoms with E-state index in [4.69, 9.17) is 4.74 Å². The number of aliphatic imine (C=N–C) groups is 1. The first kappa shape index (κ1) is 16.9. The van der Waals surface area contributed by atoms with Gasteiger partial charge in [-0.2, -0.15) is 0 Å². The Kier molecular flexibility index (Phi) is 4.65. The highest BCUT2D eigenvalue weighted by Crippen LogP contribution is 2.28. The lowest BCUT2D eigenvalue weighted by Gasteiger charge is -2.07. The second-order valence-electron chi connectivity index (χ2n) is 6.45. The number of hydrogen-bond donors (Lipinski definition) is 1. The molecule has 25 heavy (non-hydrogen) atoms. The largest absolute Gasteiger partial charge is 0.462 e. The monoisotopic (exact) mass is 336 g/mol. The fourth-order valence-corrected chi connectivity index (χ4v) is 2.56. The number of aryl methyl sites for hydroxylation is 1. The Labute approximate surface area is 146 Å². The molecule has 1 aliphatic rings. The summed E-state index contributed by atoms with van der Waals surface area (Å²) in [5.41, 5.74) is 4.07. The van der Waals surface area contributed by atoms with Crippen molar-refractivity contribution in [3.8, 4) is 0 Å². The molecule has 128 valence electrons. The number of benzene rings is 2. The van der Waals surface area contributed by atoms with Crippen LogP contribution in [0.3, 0.4) is 0 Å². The van der Waals surface area contributed by atoms with Crippen LogP contribution in [-0.4, -0.2) is 24.2 Å². The van der Waals surface area contributed by atoms with Crippen molar-refractivity contribution in [3.05, 3.63) is 59.2 Å². The van der Waals surface area contributed by atoms with Gasteiger partial charge in [0.2, 0.25) is 0 Å². The summed E-state index contributed by atoms with van der Waals surface area (Å²) < 4.78 is 5.20. The summed E-state index contributed by atoms with van der Waals surface area (Å²) >= 11 is 0. The first-order valence-corrected chi connectivity index (χ1v) is 8.23. The van der Waals surface area contributed by atoms with Gasteiger partial charge < -0.3 is 10.1 Å². The van der Waals surface area contributed by atoms with Crippen molar-refractivity contribution >= 4 is 29.0 Å². The molecule has 1 heterocycles. The fraction of sp³-hybridized carbons (Fsp3) is 0.250. The maximum absolute atomic E-state index is 12.2. The van der Waals surface area contributed by atoms with Crippen LogP contribution in [0.1, 0.15) is 35.3 Å². The van der Waals surface area contributed by atoms with Gasteiger partial charge in [-0.15, -0.1) is 0 Å². The van der Waals surface area contributed by atoms with Gasteiger partial charge in [0.15, 0.2) is 0 Å². The second-order valence-corrected chi connectivity index (χ2v) is 6.45. The molecule has 0 aliphatic carbocycles. The van der Waals surface area contributed by atoms with Gasteiger partial charge in [-0.05, 0) is 42.7 Å². The molecule has 1 N–H and O–H groups in total. The van der Waals surface area contributed by atoms with Crippen molar-refractivity contribution in [2.24, 2.45) is 10.9 Å². The molecule has 5 nitrogen and oxygen atoms in total. The average molecular weight is 336 g/mol. The van der Waals surface area contributed by atoms with Gasteiger partial charge in [-0.1, -0.05) is 32.0 Å². The summed E-state index contributed by atoms with van der Waals surface area (Å²) in [4.78, 5) is 28.6. The van der Waals surface area contributed by atoms with Crippen LogP contribution in [0.5, 0.6) is 0 Å². The Morgan fingerprint density at radius 1 is 1.16 bits per heavy atom. The molecule has 0 unspecified atom stereocenters. The van der Waals surface area contributed by atoms with E-state index in [0.29, 0.717) is 29.5 Å². The van der Waals surface area contributed by atoms with Crippen LogP contribution in [-0.2, 0) is 9.53 Å². The summed E-state index contributed by atoms with van der Waals surface area (Å²) in [6.45, 7) is 6.30. The lowest BCUT2D eigenvalue weighted by atomic mass is 10.1. The molecule has 1 amide bonds. The van der Waals surface area contributed by atoms with Crippen LogP contribution in [0.15, 0.2) is 47.5 Å². The summed E-state index contributed by atoms with van der Waals surface area (Å²) in [5, 5.41) is 2.85. The third-order valence-electron chi connectivity index (χ3n) is 3.87.